The summed E-state index contributed by atoms with van der Waals surface area (Å²) in [4.78, 5) is 31.2. The Bertz CT molecular complexity index is 1650. The van der Waals surface area contributed by atoms with E-state index in [9.17, 15) is 10.0 Å². The minimum absolute atomic E-state index is 0.00258. The first-order chi connectivity index (χ1) is 17.6. The lowest BCUT2D eigenvalue weighted by Crippen LogP contribution is -2.45. The van der Waals surface area contributed by atoms with Crippen LogP contribution in [0.5, 0.6) is 0 Å². The van der Waals surface area contributed by atoms with Crippen LogP contribution in [-0.2, 0) is 16.8 Å². The van der Waals surface area contributed by atoms with Crippen molar-refractivity contribution in [2.45, 2.75) is 24.8 Å². The van der Waals surface area contributed by atoms with E-state index in [2.05, 4.69) is 38.5 Å². The van der Waals surface area contributed by atoms with E-state index in [0.717, 1.165) is 44.4 Å². The summed E-state index contributed by atoms with van der Waals surface area (Å²) in [5, 5.41) is 15.2. The van der Waals surface area contributed by atoms with Gasteiger partial charge in [0.1, 0.15) is 5.52 Å². The van der Waals surface area contributed by atoms with Crippen LogP contribution in [0, 0.1) is 0 Å². The predicted octanol–water partition coefficient (Wildman–Crippen LogP) is 3.76. The van der Waals surface area contributed by atoms with Crippen molar-refractivity contribution in [2.75, 3.05) is 18.4 Å². The van der Waals surface area contributed by atoms with Gasteiger partial charge in [-0.3, -0.25) is 9.78 Å². The van der Waals surface area contributed by atoms with E-state index < -0.39 is 5.41 Å². The third kappa shape index (κ3) is 3.28. The van der Waals surface area contributed by atoms with Crippen molar-refractivity contribution in [2.24, 2.45) is 0 Å². The third-order valence-corrected chi connectivity index (χ3v) is 7.45. The number of hydrogen-bond acceptors (Lipinski definition) is 7. The summed E-state index contributed by atoms with van der Waals surface area (Å²) in [5.41, 5.74) is 5.62. The van der Waals surface area contributed by atoms with Gasteiger partial charge in [0.05, 0.1) is 30.0 Å². The van der Waals surface area contributed by atoms with E-state index in [1.807, 2.05) is 34.9 Å². The van der Waals surface area contributed by atoms with E-state index in [0.29, 0.717) is 38.3 Å². The summed E-state index contributed by atoms with van der Waals surface area (Å²) in [5.74, 6) is 0.581. The van der Waals surface area contributed by atoms with E-state index in [1.165, 1.54) is 5.06 Å². The number of hydrogen-bond donors (Lipinski definition) is 2. The monoisotopic (exact) mass is 477 g/mol. The summed E-state index contributed by atoms with van der Waals surface area (Å²) in [7, 11) is 0. The summed E-state index contributed by atoms with van der Waals surface area (Å²) in [6, 6.07) is 16.2. The van der Waals surface area contributed by atoms with Crippen LogP contribution in [0.25, 0.3) is 33.5 Å². The molecule has 0 unspecified atom stereocenters. The Labute approximate surface area is 206 Å². The van der Waals surface area contributed by atoms with Crippen LogP contribution in [-0.4, -0.2) is 53.8 Å². The first-order valence-corrected chi connectivity index (χ1v) is 12.0. The fourth-order valence-corrected chi connectivity index (χ4v) is 5.47. The lowest BCUT2D eigenvalue weighted by Gasteiger charge is -2.35. The number of benzene rings is 2. The zero-order chi connectivity index (χ0) is 24.3. The van der Waals surface area contributed by atoms with Gasteiger partial charge in [0.15, 0.2) is 11.5 Å². The molecule has 0 radical (unpaired) electrons. The highest BCUT2D eigenvalue weighted by atomic mass is 16.5. The van der Waals surface area contributed by atoms with E-state index in [-0.39, 0.29) is 5.91 Å². The Balaban J connectivity index is 1.22. The first-order valence-electron chi connectivity index (χ1n) is 12.0. The molecule has 1 fully saturated rings. The Morgan fingerprint density at radius 3 is 2.78 bits per heavy atom. The quantitative estimate of drug-likeness (QED) is 0.407. The van der Waals surface area contributed by atoms with Crippen molar-refractivity contribution in [1.29, 1.82) is 0 Å². The molecule has 1 amide bonds. The van der Waals surface area contributed by atoms with Gasteiger partial charge in [-0.25, -0.2) is 15.0 Å². The average Bonchev–Trinajstić information content (AvgIpc) is 3.43. The van der Waals surface area contributed by atoms with Crippen molar-refractivity contribution >= 4 is 33.7 Å². The molecule has 1 spiro atoms. The normalized spacial score (nSPS) is 17.1. The molecule has 9 nitrogen and oxygen atoms in total. The van der Waals surface area contributed by atoms with Crippen LogP contribution in [0.15, 0.2) is 67.3 Å². The molecule has 3 aromatic heterocycles. The molecule has 0 bridgehead atoms. The highest BCUT2D eigenvalue weighted by molar-refractivity contribution is 6.07. The Hall–Kier alpha value is -4.21. The number of pyridine rings is 1. The molecule has 0 saturated carbocycles. The molecular weight excluding hydrogens is 454 g/mol. The topological polar surface area (TPSA) is 109 Å². The molecule has 1 saturated heterocycles. The summed E-state index contributed by atoms with van der Waals surface area (Å²) in [6.45, 7) is 1.58. The van der Waals surface area contributed by atoms with E-state index >= 15 is 0 Å². The molecular formula is C27H23N7O2. The van der Waals surface area contributed by atoms with Gasteiger partial charge in [-0.05, 0) is 48.2 Å². The number of anilines is 1. The number of aromatic nitrogens is 5. The van der Waals surface area contributed by atoms with Crippen LogP contribution >= 0.6 is 0 Å². The van der Waals surface area contributed by atoms with Crippen LogP contribution in [0.3, 0.4) is 0 Å². The fourth-order valence-electron chi connectivity index (χ4n) is 5.47. The highest BCUT2D eigenvalue weighted by Crippen LogP contribution is 2.45. The molecule has 0 aliphatic carbocycles. The van der Waals surface area contributed by atoms with E-state index in [4.69, 9.17) is 4.98 Å². The second kappa shape index (κ2) is 7.91. The number of nitrogens with one attached hydrogen (secondary N) is 1. The number of nitrogens with zero attached hydrogens (tertiary/aromatic N) is 6. The number of imidazole rings is 1. The minimum Gasteiger partial charge on any atom is -0.325 e. The predicted molar refractivity (Wildman–Crippen MR) is 135 cm³/mol. The standard InChI is InChI=1S/C27H23N7O2/c35-26-27(7-10-34(36)11-8-27)20-5-4-19(13-22(20)31-26)24-29-14-23-25(32-24)33(16-30-23)15-17-3-6-21-18(12-17)2-1-9-28-21/h1-6,9,12-14,16,36H,7-8,10-11,15H2,(H,31,35). The average molecular weight is 478 g/mol. The lowest BCUT2D eigenvalue weighted by atomic mass is 9.74. The molecule has 2 aliphatic heterocycles. The molecule has 7 rings (SSSR count). The number of carbonyl (C=O) groups is 1. The Morgan fingerprint density at radius 1 is 1.00 bits per heavy atom. The Morgan fingerprint density at radius 2 is 1.89 bits per heavy atom. The summed E-state index contributed by atoms with van der Waals surface area (Å²) < 4.78 is 2.02. The van der Waals surface area contributed by atoms with Crippen molar-refractivity contribution in [3.8, 4) is 11.4 Å². The van der Waals surface area contributed by atoms with Gasteiger partial charge >= 0.3 is 0 Å². The zero-order valence-corrected chi connectivity index (χ0v) is 19.4. The van der Waals surface area contributed by atoms with Gasteiger partial charge in [0.25, 0.3) is 0 Å². The molecule has 5 heterocycles. The number of amides is 1. The zero-order valence-electron chi connectivity index (χ0n) is 19.4. The SMILES string of the molecule is O=C1Nc2cc(-c3ncc4ncn(Cc5ccc6ncccc6c5)c4n3)ccc2C12CCN(O)CC2. The Kier molecular flexibility index (Phi) is 4.63. The molecule has 5 aromatic rings. The van der Waals surface area contributed by atoms with Crippen LogP contribution in [0.4, 0.5) is 5.69 Å². The van der Waals surface area contributed by atoms with Crippen LogP contribution < -0.4 is 5.32 Å². The summed E-state index contributed by atoms with van der Waals surface area (Å²) >= 11 is 0. The van der Waals surface area contributed by atoms with Gasteiger partial charge in [-0.15, -0.1) is 0 Å². The van der Waals surface area contributed by atoms with Gasteiger partial charge in [-0.2, -0.15) is 5.06 Å². The highest BCUT2D eigenvalue weighted by Gasteiger charge is 2.48. The number of hydroxylamine groups is 2. The van der Waals surface area contributed by atoms with Crippen molar-refractivity contribution < 1.29 is 10.0 Å². The van der Waals surface area contributed by atoms with Gasteiger partial charge in [0, 0.05) is 35.9 Å². The molecule has 2 aliphatic rings. The second-order valence-electron chi connectivity index (χ2n) is 9.56. The number of carbonyl (C=O) groups excluding carboxylic acids is 1. The maximum atomic E-state index is 12.9. The van der Waals surface area contributed by atoms with Gasteiger partial charge < -0.3 is 15.1 Å². The van der Waals surface area contributed by atoms with Crippen LogP contribution in [0.1, 0.15) is 24.0 Å². The fraction of sp³-hybridized carbons (Fsp3) is 0.222. The number of rotatable bonds is 3. The smallest absolute Gasteiger partial charge is 0.235 e. The van der Waals surface area contributed by atoms with Crippen LogP contribution in [0.2, 0.25) is 0 Å². The largest absolute Gasteiger partial charge is 0.325 e. The maximum Gasteiger partial charge on any atom is 0.235 e. The van der Waals surface area contributed by atoms with E-state index in [1.54, 1.807) is 18.7 Å². The van der Waals surface area contributed by atoms with Gasteiger partial charge in [-0.1, -0.05) is 24.3 Å². The molecule has 36 heavy (non-hydrogen) atoms. The number of piperidine rings is 1. The molecule has 2 aromatic carbocycles. The van der Waals surface area contributed by atoms with Crippen molar-refractivity contribution in [3.05, 3.63) is 78.4 Å². The maximum absolute atomic E-state index is 12.9. The lowest BCUT2D eigenvalue weighted by molar-refractivity contribution is -0.135. The molecule has 178 valence electrons. The number of fused-ring (bicyclic) bond motifs is 4. The second-order valence-corrected chi connectivity index (χ2v) is 9.56. The third-order valence-electron chi connectivity index (χ3n) is 7.45. The van der Waals surface area contributed by atoms with Crippen molar-refractivity contribution in [1.82, 2.24) is 29.6 Å². The summed E-state index contributed by atoms with van der Waals surface area (Å²) in [6.07, 6.45) is 6.51. The molecule has 2 N–H and O–H groups in total. The van der Waals surface area contributed by atoms with Crippen molar-refractivity contribution in [3.63, 3.8) is 0 Å². The minimum atomic E-state index is -0.577. The molecule has 0 atom stereocenters. The van der Waals surface area contributed by atoms with Gasteiger partial charge in [0.2, 0.25) is 5.91 Å². The first kappa shape index (κ1) is 21.1. The molecule has 9 heteroatoms.